The summed E-state index contributed by atoms with van der Waals surface area (Å²) < 4.78 is 0. The van der Waals surface area contributed by atoms with Crippen molar-refractivity contribution in [2.24, 2.45) is 5.92 Å². The Morgan fingerprint density at radius 3 is 2.58 bits per heavy atom. The molecule has 0 aliphatic heterocycles. The summed E-state index contributed by atoms with van der Waals surface area (Å²) in [7, 11) is 0. The molecule has 5 aromatic heterocycles. The van der Waals surface area contributed by atoms with E-state index >= 15 is 0 Å². The van der Waals surface area contributed by atoms with Gasteiger partial charge in [0.25, 0.3) is 0 Å². The Morgan fingerprint density at radius 1 is 0.842 bits per heavy atom. The third-order valence-corrected chi connectivity index (χ3v) is 7.41. The van der Waals surface area contributed by atoms with E-state index in [2.05, 4.69) is 47.6 Å². The van der Waals surface area contributed by atoms with Crippen LogP contribution in [0.25, 0.3) is 55.6 Å². The van der Waals surface area contributed by atoms with E-state index in [1.165, 1.54) is 0 Å². The van der Waals surface area contributed by atoms with E-state index in [0.29, 0.717) is 0 Å². The monoisotopic (exact) mass is 499 g/mol. The first-order valence-corrected chi connectivity index (χ1v) is 12.9. The molecule has 38 heavy (non-hydrogen) atoms. The average Bonchev–Trinajstić information content (AvgIpc) is 3.73. The summed E-state index contributed by atoms with van der Waals surface area (Å²) in [6, 6.07) is 16.3. The number of hydrogen-bond acceptors (Lipinski definition) is 5. The van der Waals surface area contributed by atoms with Gasteiger partial charge >= 0.3 is 0 Å². The van der Waals surface area contributed by atoms with Crippen LogP contribution in [0.15, 0.2) is 79.5 Å². The van der Waals surface area contributed by atoms with Crippen LogP contribution in [0, 0.1) is 5.92 Å². The number of H-pyrrole nitrogens is 2. The molecule has 0 spiro atoms. The van der Waals surface area contributed by atoms with E-state index in [-0.39, 0.29) is 11.8 Å². The predicted octanol–water partition coefficient (Wildman–Crippen LogP) is 6.36. The lowest BCUT2D eigenvalue weighted by molar-refractivity contribution is -0.119. The molecule has 1 aliphatic rings. The molecule has 1 aromatic carbocycles. The number of anilines is 1. The van der Waals surface area contributed by atoms with E-state index < -0.39 is 0 Å². The molecule has 1 aliphatic carbocycles. The van der Waals surface area contributed by atoms with E-state index in [4.69, 9.17) is 0 Å². The zero-order valence-electron chi connectivity index (χ0n) is 20.6. The van der Waals surface area contributed by atoms with Gasteiger partial charge in [0.15, 0.2) is 0 Å². The Morgan fingerprint density at radius 2 is 1.71 bits per heavy atom. The highest BCUT2D eigenvalue weighted by atomic mass is 16.1. The zero-order valence-corrected chi connectivity index (χ0v) is 20.6. The van der Waals surface area contributed by atoms with Gasteiger partial charge < -0.3 is 10.3 Å². The topological polar surface area (TPSA) is 112 Å². The van der Waals surface area contributed by atoms with Gasteiger partial charge in [0, 0.05) is 47.0 Å². The summed E-state index contributed by atoms with van der Waals surface area (Å²) >= 11 is 0. The van der Waals surface area contributed by atoms with Crippen molar-refractivity contribution in [2.75, 3.05) is 5.32 Å². The molecule has 0 saturated heterocycles. The average molecular weight is 500 g/mol. The van der Waals surface area contributed by atoms with Crippen LogP contribution in [-0.2, 0) is 4.79 Å². The molecule has 3 N–H and O–H groups in total. The summed E-state index contributed by atoms with van der Waals surface area (Å²) in [4.78, 5) is 29.2. The third-order valence-electron chi connectivity index (χ3n) is 7.41. The Balaban J connectivity index is 1.25. The lowest BCUT2D eigenvalue weighted by Gasteiger charge is -2.11. The summed E-state index contributed by atoms with van der Waals surface area (Å²) in [6.45, 7) is 0. The molecular formula is C30H25N7O. The van der Waals surface area contributed by atoms with Crippen molar-refractivity contribution in [3.8, 4) is 33.6 Å². The fourth-order valence-corrected chi connectivity index (χ4v) is 5.44. The highest BCUT2D eigenvalue weighted by Crippen LogP contribution is 2.35. The fourth-order valence-electron chi connectivity index (χ4n) is 5.44. The van der Waals surface area contributed by atoms with Crippen molar-refractivity contribution in [2.45, 2.75) is 25.7 Å². The normalized spacial score (nSPS) is 13.9. The number of hydrogen-bond donors (Lipinski definition) is 3. The number of nitrogens with one attached hydrogen (secondary N) is 3. The molecule has 0 atom stereocenters. The minimum absolute atomic E-state index is 0.0904. The zero-order chi connectivity index (χ0) is 25.5. The maximum Gasteiger partial charge on any atom is 0.227 e. The van der Waals surface area contributed by atoms with Gasteiger partial charge in [-0.15, -0.1) is 0 Å². The summed E-state index contributed by atoms with van der Waals surface area (Å²) in [5.74, 6) is 0.195. The number of aromatic amines is 2. The second-order valence-electron chi connectivity index (χ2n) is 9.81. The van der Waals surface area contributed by atoms with Gasteiger partial charge in [-0.1, -0.05) is 18.9 Å². The number of fused-ring (bicyclic) bond motifs is 2. The number of carbonyl (C=O) groups is 1. The van der Waals surface area contributed by atoms with Gasteiger partial charge in [-0.05, 0) is 72.0 Å². The van der Waals surface area contributed by atoms with Crippen molar-refractivity contribution in [1.82, 2.24) is 30.1 Å². The van der Waals surface area contributed by atoms with Gasteiger partial charge in [-0.2, -0.15) is 5.10 Å². The molecule has 6 aromatic rings. The standard InChI is InChI=1S/C30H25N7O/c38-30(19-3-1-2-4-19)34-22-13-21(16-32-17-22)20-5-6-26-25(14-20)28(37-36-26)27-15-24-23(9-12-33-29(24)35-27)18-7-10-31-11-8-18/h5-17,19H,1-4H2,(H,33,35)(H,34,38)(H,36,37). The van der Waals surface area contributed by atoms with Crippen LogP contribution in [0.2, 0.25) is 0 Å². The molecule has 1 fully saturated rings. The van der Waals surface area contributed by atoms with Crippen molar-refractivity contribution in [3.05, 3.63) is 79.5 Å². The van der Waals surface area contributed by atoms with Crippen LogP contribution in [0.5, 0.6) is 0 Å². The van der Waals surface area contributed by atoms with Gasteiger partial charge in [0.1, 0.15) is 11.3 Å². The molecule has 8 heteroatoms. The molecular weight excluding hydrogens is 474 g/mol. The van der Waals surface area contributed by atoms with E-state index in [1.807, 2.05) is 48.8 Å². The second kappa shape index (κ2) is 9.23. The molecule has 186 valence electrons. The quantitative estimate of drug-likeness (QED) is 0.256. The van der Waals surface area contributed by atoms with Crippen LogP contribution in [0.3, 0.4) is 0 Å². The Hall–Kier alpha value is -4.85. The summed E-state index contributed by atoms with van der Waals surface area (Å²) in [5, 5.41) is 12.9. The Bertz CT molecular complexity index is 1780. The Labute approximate surface area is 218 Å². The van der Waals surface area contributed by atoms with E-state index in [9.17, 15) is 4.79 Å². The van der Waals surface area contributed by atoms with Gasteiger partial charge in [0.05, 0.1) is 23.1 Å². The summed E-state index contributed by atoms with van der Waals surface area (Å²) in [6.07, 6.45) is 13.1. The highest BCUT2D eigenvalue weighted by molar-refractivity contribution is 6.01. The number of aromatic nitrogens is 6. The highest BCUT2D eigenvalue weighted by Gasteiger charge is 2.23. The molecule has 1 saturated carbocycles. The molecule has 7 rings (SSSR count). The minimum atomic E-state index is 0.0904. The van der Waals surface area contributed by atoms with Crippen molar-refractivity contribution >= 4 is 33.5 Å². The molecule has 0 bridgehead atoms. The molecule has 0 unspecified atom stereocenters. The minimum Gasteiger partial charge on any atom is -0.338 e. The van der Waals surface area contributed by atoms with Gasteiger partial charge in [-0.25, -0.2) is 4.98 Å². The van der Waals surface area contributed by atoms with Crippen molar-refractivity contribution < 1.29 is 4.79 Å². The first-order chi connectivity index (χ1) is 18.7. The first-order valence-electron chi connectivity index (χ1n) is 12.9. The van der Waals surface area contributed by atoms with Crippen molar-refractivity contribution in [3.63, 3.8) is 0 Å². The fraction of sp³-hybridized carbons (Fsp3) is 0.167. The number of nitrogens with zero attached hydrogens (tertiary/aromatic N) is 4. The first kappa shape index (κ1) is 22.4. The van der Waals surface area contributed by atoms with Crippen LogP contribution in [0.4, 0.5) is 5.69 Å². The number of carbonyl (C=O) groups excluding carboxylic acids is 1. The number of rotatable bonds is 5. The second-order valence-corrected chi connectivity index (χ2v) is 9.81. The maximum atomic E-state index is 12.6. The van der Waals surface area contributed by atoms with Crippen LogP contribution in [-0.4, -0.2) is 36.0 Å². The maximum absolute atomic E-state index is 12.6. The number of pyridine rings is 3. The van der Waals surface area contributed by atoms with Gasteiger partial charge in [-0.3, -0.25) is 19.9 Å². The van der Waals surface area contributed by atoms with Crippen molar-refractivity contribution in [1.29, 1.82) is 0 Å². The van der Waals surface area contributed by atoms with E-state index in [0.717, 1.165) is 86.9 Å². The molecule has 5 heterocycles. The van der Waals surface area contributed by atoms with Gasteiger partial charge in [0.2, 0.25) is 5.91 Å². The largest absolute Gasteiger partial charge is 0.338 e. The lowest BCUT2D eigenvalue weighted by atomic mass is 10.0. The Kier molecular flexibility index (Phi) is 5.43. The number of amides is 1. The number of benzene rings is 1. The summed E-state index contributed by atoms with van der Waals surface area (Å²) in [5.41, 5.74) is 8.25. The van der Waals surface area contributed by atoms with Crippen LogP contribution < -0.4 is 5.32 Å². The van der Waals surface area contributed by atoms with Crippen LogP contribution >= 0.6 is 0 Å². The lowest BCUT2D eigenvalue weighted by Crippen LogP contribution is -2.20. The van der Waals surface area contributed by atoms with Crippen LogP contribution in [0.1, 0.15) is 25.7 Å². The predicted molar refractivity (Wildman–Crippen MR) is 148 cm³/mol. The third kappa shape index (κ3) is 4.00. The molecule has 8 nitrogen and oxygen atoms in total. The van der Waals surface area contributed by atoms with E-state index in [1.54, 1.807) is 18.6 Å². The molecule has 1 amide bonds. The smallest absolute Gasteiger partial charge is 0.227 e. The SMILES string of the molecule is O=C(Nc1cncc(-c2ccc3[nH]nc(-c4cc5c(-c6ccncc6)ccnc5[nH]4)c3c2)c1)C1CCCC1. The molecule has 0 radical (unpaired) electrons.